The molecule has 4 heteroatoms. The average Bonchev–Trinajstić information content (AvgIpc) is 2.16. The highest BCUT2D eigenvalue weighted by Gasteiger charge is 2.12. The van der Waals surface area contributed by atoms with Crippen LogP contribution in [-0.4, -0.2) is 23.5 Å². The van der Waals surface area contributed by atoms with Gasteiger partial charge in [0.2, 0.25) is 5.88 Å². The number of aliphatic hydroxyl groups excluding tert-OH is 1. The van der Waals surface area contributed by atoms with Crippen molar-refractivity contribution in [1.29, 1.82) is 0 Å². The second kappa shape index (κ2) is 4.19. The molecule has 1 N–H and O–H groups in total. The van der Waals surface area contributed by atoms with Crippen LogP contribution >= 0.6 is 0 Å². The predicted octanol–water partition coefficient (Wildman–Crippen LogP) is 1.26. The number of carbonyl (C=O) groups is 1. The van der Waals surface area contributed by atoms with E-state index < -0.39 is 6.10 Å². The minimum atomic E-state index is -0.632. The van der Waals surface area contributed by atoms with E-state index in [0.29, 0.717) is 29.0 Å². The SMILES string of the molecule is COc1nc(C)c(C(C)O)cc1C=O. The number of carbonyl (C=O) groups excluding carboxylic acids is 1. The Hall–Kier alpha value is -1.42. The summed E-state index contributed by atoms with van der Waals surface area (Å²) in [6.45, 7) is 3.39. The van der Waals surface area contributed by atoms with Gasteiger partial charge in [0, 0.05) is 11.3 Å². The minimum Gasteiger partial charge on any atom is -0.480 e. The van der Waals surface area contributed by atoms with Crippen LogP contribution in [0.25, 0.3) is 0 Å². The number of aromatic nitrogens is 1. The van der Waals surface area contributed by atoms with Gasteiger partial charge in [-0.2, -0.15) is 0 Å². The molecule has 0 aliphatic rings. The second-order valence-corrected chi connectivity index (χ2v) is 3.06. The van der Waals surface area contributed by atoms with Crippen LogP contribution in [-0.2, 0) is 0 Å². The van der Waals surface area contributed by atoms with Gasteiger partial charge < -0.3 is 9.84 Å². The van der Waals surface area contributed by atoms with E-state index in [1.165, 1.54) is 7.11 Å². The number of aldehydes is 1. The lowest BCUT2D eigenvalue weighted by Crippen LogP contribution is -2.03. The highest BCUT2D eigenvalue weighted by Crippen LogP contribution is 2.22. The number of hydrogen-bond donors (Lipinski definition) is 1. The van der Waals surface area contributed by atoms with E-state index in [9.17, 15) is 9.90 Å². The highest BCUT2D eigenvalue weighted by atomic mass is 16.5. The van der Waals surface area contributed by atoms with Crippen LogP contribution < -0.4 is 4.74 Å². The summed E-state index contributed by atoms with van der Waals surface area (Å²) < 4.78 is 4.93. The van der Waals surface area contributed by atoms with E-state index in [1.54, 1.807) is 19.9 Å². The van der Waals surface area contributed by atoms with E-state index in [1.807, 2.05) is 0 Å². The van der Waals surface area contributed by atoms with Gasteiger partial charge in [0.25, 0.3) is 0 Å². The van der Waals surface area contributed by atoms with Crippen molar-refractivity contribution in [3.05, 3.63) is 22.9 Å². The molecule has 0 aromatic carbocycles. The van der Waals surface area contributed by atoms with Gasteiger partial charge in [0.1, 0.15) is 0 Å². The fraction of sp³-hybridized carbons (Fsp3) is 0.400. The third kappa shape index (κ3) is 1.90. The summed E-state index contributed by atoms with van der Waals surface area (Å²) in [5.41, 5.74) is 1.67. The molecule has 14 heavy (non-hydrogen) atoms. The Bertz CT molecular complexity index is 347. The smallest absolute Gasteiger partial charge is 0.224 e. The fourth-order valence-electron chi connectivity index (χ4n) is 1.29. The molecular weight excluding hydrogens is 182 g/mol. The third-order valence-electron chi connectivity index (χ3n) is 2.02. The van der Waals surface area contributed by atoms with Crippen molar-refractivity contribution in [3.63, 3.8) is 0 Å². The quantitative estimate of drug-likeness (QED) is 0.738. The first-order valence-electron chi connectivity index (χ1n) is 4.29. The van der Waals surface area contributed by atoms with Gasteiger partial charge in [0.05, 0.1) is 18.8 Å². The van der Waals surface area contributed by atoms with Crippen LogP contribution in [0, 0.1) is 6.92 Å². The molecule has 0 saturated heterocycles. The van der Waals surface area contributed by atoms with Gasteiger partial charge >= 0.3 is 0 Å². The van der Waals surface area contributed by atoms with Crippen molar-refractivity contribution in [2.75, 3.05) is 7.11 Å². The molecule has 0 fully saturated rings. The summed E-state index contributed by atoms with van der Waals surface area (Å²) in [6, 6.07) is 1.60. The fourth-order valence-corrected chi connectivity index (χ4v) is 1.29. The predicted molar refractivity (Wildman–Crippen MR) is 51.5 cm³/mol. The zero-order valence-corrected chi connectivity index (χ0v) is 8.44. The van der Waals surface area contributed by atoms with Crippen molar-refractivity contribution in [1.82, 2.24) is 4.98 Å². The number of methoxy groups -OCH3 is 1. The summed E-state index contributed by atoms with van der Waals surface area (Å²) in [6.07, 6.45) is 0.0315. The zero-order valence-electron chi connectivity index (χ0n) is 8.44. The van der Waals surface area contributed by atoms with Crippen molar-refractivity contribution >= 4 is 6.29 Å². The zero-order chi connectivity index (χ0) is 10.7. The maximum Gasteiger partial charge on any atom is 0.224 e. The molecule has 1 heterocycles. The maximum atomic E-state index is 10.7. The Labute approximate surface area is 82.5 Å². The molecule has 1 aromatic rings. The second-order valence-electron chi connectivity index (χ2n) is 3.06. The molecule has 0 bridgehead atoms. The van der Waals surface area contributed by atoms with Crippen LogP contribution in [0.5, 0.6) is 5.88 Å². The topological polar surface area (TPSA) is 59.4 Å². The van der Waals surface area contributed by atoms with Crippen molar-refractivity contribution < 1.29 is 14.6 Å². The Morgan fingerprint density at radius 3 is 2.71 bits per heavy atom. The molecular formula is C10H13NO3. The molecule has 0 saturated carbocycles. The molecule has 0 radical (unpaired) electrons. The standard InChI is InChI=1S/C10H13NO3/c1-6-9(7(2)13)4-8(5-12)10(11-6)14-3/h4-5,7,13H,1-3H3. The van der Waals surface area contributed by atoms with Crippen LogP contribution in [0.15, 0.2) is 6.07 Å². The van der Waals surface area contributed by atoms with E-state index >= 15 is 0 Å². The molecule has 0 aliphatic heterocycles. The Kier molecular flexibility index (Phi) is 3.19. The van der Waals surface area contributed by atoms with Gasteiger partial charge in [0.15, 0.2) is 6.29 Å². The lowest BCUT2D eigenvalue weighted by molar-refractivity contribution is 0.111. The lowest BCUT2D eigenvalue weighted by atomic mass is 10.1. The number of aryl methyl sites for hydroxylation is 1. The number of hydrogen-bond acceptors (Lipinski definition) is 4. The molecule has 0 amide bonds. The Morgan fingerprint density at radius 1 is 1.64 bits per heavy atom. The molecule has 4 nitrogen and oxygen atoms in total. The first-order valence-corrected chi connectivity index (χ1v) is 4.29. The average molecular weight is 195 g/mol. The Morgan fingerprint density at radius 2 is 2.29 bits per heavy atom. The van der Waals surface area contributed by atoms with Crippen molar-refractivity contribution in [2.24, 2.45) is 0 Å². The van der Waals surface area contributed by atoms with Crippen LogP contribution in [0.4, 0.5) is 0 Å². The van der Waals surface area contributed by atoms with Crippen molar-refractivity contribution in [2.45, 2.75) is 20.0 Å². The monoisotopic (exact) mass is 195 g/mol. The van der Waals surface area contributed by atoms with Gasteiger partial charge in [-0.25, -0.2) is 4.98 Å². The highest BCUT2D eigenvalue weighted by molar-refractivity contribution is 5.78. The van der Waals surface area contributed by atoms with E-state index in [0.717, 1.165) is 0 Å². The molecule has 1 unspecified atom stereocenters. The minimum absolute atomic E-state index is 0.293. The molecule has 1 aromatic heterocycles. The van der Waals surface area contributed by atoms with E-state index in [-0.39, 0.29) is 0 Å². The summed E-state index contributed by atoms with van der Waals surface area (Å²) >= 11 is 0. The lowest BCUT2D eigenvalue weighted by Gasteiger charge is -2.11. The van der Waals surface area contributed by atoms with Gasteiger partial charge in [-0.3, -0.25) is 4.79 Å². The number of pyridine rings is 1. The van der Waals surface area contributed by atoms with Gasteiger partial charge in [-0.05, 0) is 19.9 Å². The summed E-state index contributed by atoms with van der Waals surface area (Å²) in [5, 5.41) is 9.39. The largest absolute Gasteiger partial charge is 0.480 e. The molecule has 0 aliphatic carbocycles. The third-order valence-corrected chi connectivity index (χ3v) is 2.02. The number of aliphatic hydroxyl groups is 1. The molecule has 0 spiro atoms. The normalized spacial score (nSPS) is 12.3. The molecule has 76 valence electrons. The number of ether oxygens (including phenoxy) is 1. The molecule has 1 rings (SSSR count). The van der Waals surface area contributed by atoms with E-state index in [2.05, 4.69) is 4.98 Å². The van der Waals surface area contributed by atoms with Crippen LogP contribution in [0.3, 0.4) is 0 Å². The van der Waals surface area contributed by atoms with Gasteiger partial charge in [-0.1, -0.05) is 0 Å². The first-order chi connectivity index (χ1) is 6.60. The Balaban J connectivity index is 3.30. The van der Waals surface area contributed by atoms with Crippen LogP contribution in [0.2, 0.25) is 0 Å². The number of nitrogens with zero attached hydrogens (tertiary/aromatic N) is 1. The first kappa shape index (κ1) is 10.7. The summed E-state index contributed by atoms with van der Waals surface area (Å²) in [4.78, 5) is 14.7. The van der Waals surface area contributed by atoms with E-state index in [4.69, 9.17) is 4.74 Å². The summed E-state index contributed by atoms with van der Waals surface area (Å²) in [7, 11) is 1.46. The maximum absolute atomic E-state index is 10.7. The van der Waals surface area contributed by atoms with Crippen LogP contribution in [0.1, 0.15) is 34.6 Å². The number of rotatable bonds is 3. The summed E-state index contributed by atoms with van der Waals surface area (Å²) in [5.74, 6) is 0.293. The molecule has 1 atom stereocenters. The van der Waals surface area contributed by atoms with Gasteiger partial charge in [-0.15, -0.1) is 0 Å². The van der Waals surface area contributed by atoms with Crippen molar-refractivity contribution in [3.8, 4) is 5.88 Å².